The van der Waals surface area contributed by atoms with Crippen LogP contribution in [0.1, 0.15) is 50.9 Å². The van der Waals surface area contributed by atoms with Crippen LogP contribution in [0.15, 0.2) is 18.2 Å². The van der Waals surface area contributed by atoms with Crippen molar-refractivity contribution in [2.75, 3.05) is 13.1 Å². The van der Waals surface area contributed by atoms with Crippen LogP contribution in [0.3, 0.4) is 0 Å². The van der Waals surface area contributed by atoms with E-state index in [9.17, 15) is 0 Å². The van der Waals surface area contributed by atoms with Gasteiger partial charge in [0.1, 0.15) is 0 Å². The molecule has 1 aromatic rings. The summed E-state index contributed by atoms with van der Waals surface area (Å²) < 4.78 is 0. The smallest absolute Gasteiger partial charge is 0.0547 e. The third-order valence-electron chi connectivity index (χ3n) is 4.01. The van der Waals surface area contributed by atoms with Crippen LogP contribution >= 0.6 is 0 Å². The van der Waals surface area contributed by atoms with Crippen molar-refractivity contribution in [1.82, 2.24) is 15.2 Å². The summed E-state index contributed by atoms with van der Waals surface area (Å²) in [5.74, 6) is 0. The summed E-state index contributed by atoms with van der Waals surface area (Å²) in [4.78, 5) is 7.38. The summed E-state index contributed by atoms with van der Waals surface area (Å²) in [7, 11) is 0. The zero-order valence-corrected chi connectivity index (χ0v) is 12.4. The quantitative estimate of drug-likeness (QED) is 0.853. The van der Waals surface area contributed by atoms with Crippen LogP contribution in [0.5, 0.6) is 0 Å². The number of hydrogen-bond acceptors (Lipinski definition) is 3. The molecule has 0 aliphatic carbocycles. The molecule has 1 saturated heterocycles. The summed E-state index contributed by atoms with van der Waals surface area (Å²) in [5, 5.41) is 3.34. The highest BCUT2D eigenvalue weighted by Crippen LogP contribution is 2.21. The highest BCUT2D eigenvalue weighted by atomic mass is 15.2. The van der Waals surface area contributed by atoms with Gasteiger partial charge in [-0.25, -0.2) is 0 Å². The van der Waals surface area contributed by atoms with Crippen LogP contribution in [0, 0.1) is 0 Å². The Balaban J connectivity index is 1.97. The first kappa shape index (κ1) is 14.5. The summed E-state index contributed by atoms with van der Waals surface area (Å²) in [6.07, 6.45) is 5.35. The fraction of sp³-hybridized carbons (Fsp3) is 0.688. The highest BCUT2D eigenvalue weighted by molar-refractivity contribution is 5.11. The van der Waals surface area contributed by atoms with E-state index in [4.69, 9.17) is 4.98 Å². The summed E-state index contributed by atoms with van der Waals surface area (Å²) in [6.45, 7) is 8.55. The standard InChI is InChI=1S/C16H27N3/c1-3-16-10-5-6-11-19(16)13-15-9-7-8-14(18-15)12-17-4-2/h7-9,16-17H,3-6,10-13H2,1-2H3. The molecule has 19 heavy (non-hydrogen) atoms. The first-order chi connectivity index (χ1) is 9.33. The number of nitrogens with one attached hydrogen (secondary N) is 1. The van der Waals surface area contributed by atoms with Gasteiger partial charge in [-0.2, -0.15) is 0 Å². The van der Waals surface area contributed by atoms with Crippen LogP contribution in [-0.4, -0.2) is 29.0 Å². The third kappa shape index (κ3) is 4.29. The molecule has 0 bridgehead atoms. The molecule has 1 aliphatic heterocycles. The molecular weight excluding hydrogens is 234 g/mol. The zero-order chi connectivity index (χ0) is 13.5. The van der Waals surface area contributed by atoms with Gasteiger partial charge in [0, 0.05) is 19.1 Å². The molecule has 106 valence electrons. The van der Waals surface area contributed by atoms with Gasteiger partial charge < -0.3 is 5.32 Å². The fourth-order valence-corrected chi connectivity index (χ4v) is 2.91. The molecule has 2 rings (SSSR count). The second kappa shape index (κ2) is 7.61. The van der Waals surface area contributed by atoms with Crippen molar-refractivity contribution in [2.45, 2.75) is 58.7 Å². The topological polar surface area (TPSA) is 28.2 Å². The predicted octanol–water partition coefficient (Wildman–Crippen LogP) is 2.96. The fourth-order valence-electron chi connectivity index (χ4n) is 2.91. The van der Waals surface area contributed by atoms with Crippen molar-refractivity contribution in [3.63, 3.8) is 0 Å². The molecule has 0 radical (unpaired) electrons. The van der Waals surface area contributed by atoms with E-state index < -0.39 is 0 Å². The lowest BCUT2D eigenvalue weighted by Crippen LogP contribution is -2.38. The van der Waals surface area contributed by atoms with Crippen LogP contribution in [-0.2, 0) is 13.1 Å². The maximum absolute atomic E-state index is 4.77. The average molecular weight is 261 g/mol. The first-order valence-corrected chi connectivity index (χ1v) is 7.73. The van der Waals surface area contributed by atoms with Crippen molar-refractivity contribution in [2.24, 2.45) is 0 Å². The minimum Gasteiger partial charge on any atom is -0.311 e. The number of pyridine rings is 1. The second-order valence-electron chi connectivity index (χ2n) is 5.43. The molecule has 0 spiro atoms. The molecule has 1 atom stereocenters. The summed E-state index contributed by atoms with van der Waals surface area (Å²) in [6, 6.07) is 7.17. The molecule has 1 aliphatic rings. The number of aromatic nitrogens is 1. The molecule has 0 saturated carbocycles. The van der Waals surface area contributed by atoms with Crippen LogP contribution in [0.25, 0.3) is 0 Å². The van der Waals surface area contributed by atoms with Crippen LogP contribution < -0.4 is 5.32 Å². The van der Waals surface area contributed by atoms with E-state index in [1.165, 1.54) is 37.9 Å². The van der Waals surface area contributed by atoms with E-state index in [2.05, 4.69) is 42.3 Å². The molecule has 3 nitrogen and oxygen atoms in total. The van der Waals surface area contributed by atoms with Crippen molar-refractivity contribution in [1.29, 1.82) is 0 Å². The van der Waals surface area contributed by atoms with Gasteiger partial charge in [-0.3, -0.25) is 9.88 Å². The molecule has 1 N–H and O–H groups in total. The van der Waals surface area contributed by atoms with E-state index in [0.717, 1.165) is 31.4 Å². The van der Waals surface area contributed by atoms with E-state index in [-0.39, 0.29) is 0 Å². The second-order valence-corrected chi connectivity index (χ2v) is 5.43. The Kier molecular flexibility index (Phi) is 5.80. The Morgan fingerprint density at radius 1 is 1.26 bits per heavy atom. The van der Waals surface area contributed by atoms with Gasteiger partial charge in [0.25, 0.3) is 0 Å². The number of likely N-dealkylation sites (tertiary alicyclic amines) is 1. The van der Waals surface area contributed by atoms with Gasteiger partial charge in [-0.05, 0) is 44.5 Å². The first-order valence-electron chi connectivity index (χ1n) is 7.73. The van der Waals surface area contributed by atoms with Crippen LogP contribution in [0.2, 0.25) is 0 Å². The predicted molar refractivity (Wildman–Crippen MR) is 80.0 cm³/mol. The lowest BCUT2D eigenvalue weighted by atomic mass is 10.00. The Labute approximate surface area is 117 Å². The Hall–Kier alpha value is -0.930. The van der Waals surface area contributed by atoms with Crippen LogP contribution in [0.4, 0.5) is 0 Å². The monoisotopic (exact) mass is 261 g/mol. The number of nitrogens with zero attached hydrogens (tertiary/aromatic N) is 2. The molecule has 3 heteroatoms. The van der Waals surface area contributed by atoms with E-state index >= 15 is 0 Å². The molecular formula is C16H27N3. The van der Waals surface area contributed by atoms with Gasteiger partial charge in [-0.15, -0.1) is 0 Å². The van der Waals surface area contributed by atoms with Gasteiger partial charge in [-0.1, -0.05) is 26.3 Å². The zero-order valence-electron chi connectivity index (χ0n) is 12.4. The number of piperidine rings is 1. The molecule has 0 amide bonds. The Morgan fingerprint density at radius 3 is 2.89 bits per heavy atom. The van der Waals surface area contributed by atoms with Gasteiger partial charge >= 0.3 is 0 Å². The van der Waals surface area contributed by atoms with Crippen molar-refractivity contribution < 1.29 is 0 Å². The minimum absolute atomic E-state index is 0.757. The lowest BCUT2D eigenvalue weighted by Gasteiger charge is -2.34. The van der Waals surface area contributed by atoms with Gasteiger partial charge in [0.15, 0.2) is 0 Å². The van der Waals surface area contributed by atoms with Gasteiger partial charge in [0.2, 0.25) is 0 Å². The normalized spacial score (nSPS) is 20.6. The number of hydrogen-bond donors (Lipinski definition) is 1. The minimum atomic E-state index is 0.757. The number of rotatable bonds is 6. The highest BCUT2D eigenvalue weighted by Gasteiger charge is 2.20. The molecule has 2 heterocycles. The Bertz CT molecular complexity index is 378. The Morgan fingerprint density at radius 2 is 2.11 bits per heavy atom. The maximum Gasteiger partial charge on any atom is 0.0547 e. The van der Waals surface area contributed by atoms with E-state index in [1.807, 2.05) is 0 Å². The van der Waals surface area contributed by atoms with E-state index in [0.29, 0.717) is 0 Å². The van der Waals surface area contributed by atoms with E-state index in [1.54, 1.807) is 0 Å². The molecule has 0 aromatic carbocycles. The largest absolute Gasteiger partial charge is 0.311 e. The van der Waals surface area contributed by atoms with Crippen molar-refractivity contribution in [3.05, 3.63) is 29.6 Å². The third-order valence-corrected chi connectivity index (χ3v) is 4.01. The van der Waals surface area contributed by atoms with Crippen molar-refractivity contribution >= 4 is 0 Å². The van der Waals surface area contributed by atoms with Crippen molar-refractivity contribution in [3.8, 4) is 0 Å². The SMILES string of the molecule is CCNCc1cccc(CN2CCCCC2CC)n1. The molecule has 1 aromatic heterocycles. The summed E-state index contributed by atoms with van der Waals surface area (Å²) >= 11 is 0. The average Bonchev–Trinajstić information content (AvgIpc) is 2.46. The summed E-state index contributed by atoms with van der Waals surface area (Å²) in [5.41, 5.74) is 2.38. The lowest BCUT2D eigenvalue weighted by molar-refractivity contribution is 0.134. The maximum atomic E-state index is 4.77. The molecule has 1 fully saturated rings. The van der Waals surface area contributed by atoms with Gasteiger partial charge in [0.05, 0.1) is 11.4 Å². The molecule has 1 unspecified atom stereocenters.